The highest BCUT2D eigenvalue weighted by Crippen LogP contribution is 2.17. The second-order valence-corrected chi connectivity index (χ2v) is 3.59. The number of hydrogen-bond acceptors (Lipinski definition) is 1. The first kappa shape index (κ1) is 10.1. The highest BCUT2D eigenvalue weighted by molar-refractivity contribution is 5.49. The molecule has 2 N–H and O–H groups in total. The highest BCUT2D eigenvalue weighted by atomic mass is 14.6. The van der Waals surface area contributed by atoms with Crippen LogP contribution in [0.1, 0.15) is 37.3 Å². The Morgan fingerprint density at radius 1 is 1.23 bits per heavy atom. The van der Waals surface area contributed by atoms with Crippen LogP contribution < -0.4 is 5.73 Å². The average molecular weight is 177 g/mol. The van der Waals surface area contributed by atoms with Crippen LogP contribution in [0.2, 0.25) is 0 Å². The van der Waals surface area contributed by atoms with Crippen LogP contribution in [0.25, 0.3) is 0 Å². The summed E-state index contributed by atoms with van der Waals surface area (Å²) in [6, 6.07) is 6.20. The van der Waals surface area contributed by atoms with Gasteiger partial charge in [-0.15, -0.1) is 0 Å². The number of nitrogens with two attached hydrogens (primary N) is 1. The van der Waals surface area contributed by atoms with E-state index in [1.165, 1.54) is 36.8 Å². The average Bonchev–Trinajstić information content (AvgIpc) is 2.13. The molecule has 0 bridgehead atoms. The van der Waals surface area contributed by atoms with Crippen LogP contribution >= 0.6 is 0 Å². The first-order chi connectivity index (χ1) is 6.25. The lowest BCUT2D eigenvalue weighted by atomic mass is 10.0. The Bertz CT molecular complexity index is 266. The Hall–Kier alpha value is -0.980. The summed E-state index contributed by atoms with van der Waals surface area (Å²) in [4.78, 5) is 0. The van der Waals surface area contributed by atoms with Crippen LogP contribution in [-0.4, -0.2) is 0 Å². The van der Waals surface area contributed by atoms with Gasteiger partial charge < -0.3 is 5.73 Å². The number of aryl methyl sites for hydroxylation is 1. The molecular weight excluding hydrogens is 158 g/mol. The minimum atomic E-state index is 0.925. The molecule has 0 aliphatic heterocycles. The topological polar surface area (TPSA) is 26.0 Å². The molecule has 1 rings (SSSR count). The van der Waals surface area contributed by atoms with E-state index in [2.05, 4.69) is 19.9 Å². The number of unbranched alkanes of at least 4 members (excludes halogenated alkanes) is 2. The summed E-state index contributed by atoms with van der Waals surface area (Å²) in [6.45, 7) is 4.34. The Kier molecular flexibility index (Phi) is 3.81. The second-order valence-electron chi connectivity index (χ2n) is 3.59. The van der Waals surface area contributed by atoms with Gasteiger partial charge in [0.25, 0.3) is 0 Å². The Balaban J connectivity index is 2.61. The molecule has 1 aromatic carbocycles. The van der Waals surface area contributed by atoms with Gasteiger partial charge in [-0.25, -0.2) is 0 Å². The van der Waals surface area contributed by atoms with E-state index in [0.717, 1.165) is 5.69 Å². The van der Waals surface area contributed by atoms with E-state index in [-0.39, 0.29) is 0 Å². The van der Waals surface area contributed by atoms with Gasteiger partial charge in [-0.3, -0.25) is 0 Å². The molecule has 0 saturated carbocycles. The van der Waals surface area contributed by atoms with Crippen molar-refractivity contribution in [1.82, 2.24) is 0 Å². The number of rotatable bonds is 4. The number of hydrogen-bond donors (Lipinski definition) is 1. The quantitative estimate of drug-likeness (QED) is 0.554. The lowest BCUT2D eigenvalue weighted by molar-refractivity contribution is 0.715. The predicted octanol–water partition coefficient (Wildman–Crippen LogP) is 3.31. The lowest BCUT2D eigenvalue weighted by Crippen LogP contribution is -1.95. The van der Waals surface area contributed by atoms with Gasteiger partial charge in [-0.1, -0.05) is 31.9 Å². The maximum Gasteiger partial charge on any atom is 0.0346 e. The molecule has 0 aliphatic carbocycles. The van der Waals surface area contributed by atoms with Crippen molar-refractivity contribution >= 4 is 5.69 Å². The van der Waals surface area contributed by atoms with Gasteiger partial charge in [0.2, 0.25) is 0 Å². The molecule has 1 nitrogen and oxygen atoms in total. The molecule has 0 spiro atoms. The molecule has 0 amide bonds. The Morgan fingerprint density at radius 2 is 2.00 bits per heavy atom. The van der Waals surface area contributed by atoms with Crippen LogP contribution in [0, 0.1) is 6.92 Å². The second kappa shape index (κ2) is 4.90. The fourth-order valence-electron chi connectivity index (χ4n) is 1.54. The summed E-state index contributed by atoms with van der Waals surface area (Å²) >= 11 is 0. The number of anilines is 1. The maximum atomic E-state index is 5.82. The van der Waals surface area contributed by atoms with E-state index in [9.17, 15) is 0 Å². The zero-order valence-electron chi connectivity index (χ0n) is 8.64. The van der Waals surface area contributed by atoms with Gasteiger partial charge in [-0.2, -0.15) is 0 Å². The highest BCUT2D eigenvalue weighted by Gasteiger charge is 1.99. The largest absolute Gasteiger partial charge is 0.399 e. The molecular formula is C12H19N. The maximum absolute atomic E-state index is 5.82. The number of nitrogen functional groups attached to an aromatic ring is 1. The first-order valence-corrected chi connectivity index (χ1v) is 5.09. The minimum absolute atomic E-state index is 0.925. The monoisotopic (exact) mass is 177 g/mol. The zero-order chi connectivity index (χ0) is 9.68. The third-order valence-electron chi connectivity index (χ3n) is 2.54. The standard InChI is InChI=1S/C12H19N/c1-3-4-5-7-11-8-6-9-12(13)10(11)2/h6,8-9H,3-5,7,13H2,1-2H3. The van der Waals surface area contributed by atoms with Crippen molar-refractivity contribution in [1.29, 1.82) is 0 Å². The normalized spacial score (nSPS) is 10.3. The molecule has 0 aromatic heterocycles. The molecule has 72 valence electrons. The molecule has 13 heavy (non-hydrogen) atoms. The summed E-state index contributed by atoms with van der Waals surface area (Å²) < 4.78 is 0. The van der Waals surface area contributed by atoms with Gasteiger partial charge >= 0.3 is 0 Å². The van der Waals surface area contributed by atoms with Gasteiger partial charge in [0.15, 0.2) is 0 Å². The third kappa shape index (κ3) is 2.76. The fourth-order valence-corrected chi connectivity index (χ4v) is 1.54. The molecule has 0 fully saturated rings. The molecule has 0 saturated heterocycles. The molecule has 0 atom stereocenters. The van der Waals surface area contributed by atoms with Crippen LogP contribution in [0.5, 0.6) is 0 Å². The van der Waals surface area contributed by atoms with Gasteiger partial charge in [-0.05, 0) is 37.0 Å². The smallest absolute Gasteiger partial charge is 0.0346 e. The van der Waals surface area contributed by atoms with Crippen molar-refractivity contribution in [3.8, 4) is 0 Å². The Morgan fingerprint density at radius 3 is 2.69 bits per heavy atom. The van der Waals surface area contributed by atoms with E-state index in [0.29, 0.717) is 0 Å². The predicted molar refractivity (Wildman–Crippen MR) is 58.8 cm³/mol. The van der Waals surface area contributed by atoms with E-state index in [4.69, 9.17) is 5.73 Å². The SMILES string of the molecule is CCCCCc1cccc(N)c1C. The van der Waals surface area contributed by atoms with Crippen LogP contribution in [0.15, 0.2) is 18.2 Å². The van der Waals surface area contributed by atoms with Crippen molar-refractivity contribution in [3.05, 3.63) is 29.3 Å². The minimum Gasteiger partial charge on any atom is -0.399 e. The molecule has 0 aliphatic rings. The van der Waals surface area contributed by atoms with Crippen molar-refractivity contribution in [3.63, 3.8) is 0 Å². The van der Waals surface area contributed by atoms with E-state index >= 15 is 0 Å². The van der Waals surface area contributed by atoms with E-state index < -0.39 is 0 Å². The van der Waals surface area contributed by atoms with Gasteiger partial charge in [0.05, 0.1) is 0 Å². The van der Waals surface area contributed by atoms with Crippen molar-refractivity contribution in [2.45, 2.75) is 39.5 Å². The molecule has 0 radical (unpaired) electrons. The van der Waals surface area contributed by atoms with Gasteiger partial charge in [0.1, 0.15) is 0 Å². The zero-order valence-corrected chi connectivity index (χ0v) is 8.64. The van der Waals surface area contributed by atoms with Crippen LogP contribution in [0.4, 0.5) is 5.69 Å². The number of benzene rings is 1. The Labute approximate surface area is 81.0 Å². The lowest BCUT2D eigenvalue weighted by Gasteiger charge is -2.07. The summed E-state index contributed by atoms with van der Waals surface area (Å²) in [5.74, 6) is 0. The van der Waals surface area contributed by atoms with Crippen molar-refractivity contribution < 1.29 is 0 Å². The summed E-state index contributed by atoms with van der Waals surface area (Å²) in [5, 5.41) is 0. The van der Waals surface area contributed by atoms with Crippen molar-refractivity contribution in [2.75, 3.05) is 5.73 Å². The fraction of sp³-hybridized carbons (Fsp3) is 0.500. The molecule has 1 aromatic rings. The molecule has 0 heterocycles. The molecule has 0 unspecified atom stereocenters. The van der Waals surface area contributed by atoms with Crippen molar-refractivity contribution in [2.24, 2.45) is 0 Å². The summed E-state index contributed by atoms with van der Waals surface area (Å²) in [5.41, 5.74) is 9.42. The van der Waals surface area contributed by atoms with E-state index in [1.54, 1.807) is 0 Å². The molecule has 1 heteroatoms. The van der Waals surface area contributed by atoms with Crippen LogP contribution in [-0.2, 0) is 6.42 Å². The van der Waals surface area contributed by atoms with E-state index in [1.807, 2.05) is 12.1 Å². The third-order valence-corrected chi connectivity index (χ3v) is 2.54. The van der Waals surface area contributed by atoms with Crippen LogP contribution in [0.3, 0.4) is 0 Å². The first-order valence-electron chi connectivity index (χ1n) is 5.09. The summed E-state index contributed by atoms with van der Waals surface area (Å²) in [6.07, 6.45) is 5.04. The van der Waals surface area contributed by atoms with Gasteiger partial charge in [0, 0.05) is 5.69 Å². The summed E-state index contributed by atoms with van der Waals surface area (Å²) in [7, 11) is 0.